The average molecular weight is 259 g/mol. The maximum Gasteiger partial charge on any atom is 0.272 e. The molecule has 2 rings (SSSR count). The van der Waals surface area contributed by atoms with E-state index in [4.69, 9.17) is 5.73 Å². The fraction of sp³-hybridized carbons (Fsp3) is 0.308. The number of nitrogens with zero attached hydrogens (tertiary/aromatic N) is 3. The molecule has 0 atom stereocenters. The molecule has 2 heterocycles. The number of anilines is 1. The topological polar surface area (TPSA) is 85.8 Å². The van der Waals surface area contributed by atoms with Gasteiger partial charge in [-0.15, -0.1) is 0 Å². The molecule has 2 aromatic heterocycles. The van der Waals surface area contributed by atoms with Crippen LogP contribution >= 0.6 is 0 Å². The number of hydrogen-bond donors (Lipinski definition) is 2. The zero-order chi connectivity index (χ0) is 14.0. The first-order valence-electron chi connectivity index (χ1n) is 5.98. The van der Waals surface area contributed by atoms with Crippen molar-refractivity contribution in [1.82, 2.24) is 20.1 Å². The molecule has 100 valence electrons. The third kappa shape index (κ3) is 2.57. The molecule has 0 aromatic carbocycles. The van der Waals surface area contributed by atoms with Crippen molar-refractivity contribution in [3.63, 3.8) is 0 Å². The standard InChI is InChI=1S/C13H17N5O/c1-8-10(9(2)18(3)17-8)7-16-13(19)12-11(14)5-4-6-15-12/h4-6H,7,14H2,1-3H3,(H,16,19). The monoisotopic (exact) mass is 259 g/mol. The molecular formula is C13H17N5O. The van der Waals surface area contributed by atoms with Gasteiger partial charge in [0.05, 0.1) is 11.4 Å². The number of pyridine rings is 1. The average Bonchev–Trinajstić information content (AvgIpc) is 2.61. The number of nitrogen functional groups attached to an aromatic ring is 1. The summed E-state index contributed by atoms with van der Waals surface area (Å²) in [7, 11) is 1.88. The van der Waals surface area contributed by atoms with Crippen molar-refractivity contribution in [2.45, 2.75) is 20.4 Å². The van der Waals surface area contributed by atoms with Crippen LogP contribution in [-0.4, -0.2) is 20.7 Å². The van der Waals surface area contributed by atoms with E-state index in [-0.39, 0.29) is 11.6 Å². The molecule has 0 aliphatic carbocycles. The molecule has 0 aliphatic heterocycles. The third-order valence-electron chi connectivity index (χ3n) is 3.14. The van der Waals surface area contributed by atoms with E-state index < -0.39 is 0 Å². The van der Waals surface area contributed by atoms with E-state index in [1.807, 2.05) is 20.9 Å². The maximum absolute atomic E-state index is 12.0. The Balaban J connectivity index is 2.11. The van der Waals surface area contributed by atoms with Crippen LogP contribution in [-0.2, 0) is 13.6 Å². The highest BCUT2D eigenvalue weighted by atomic mass is 16.1. The molecule has 0 spiro atoms. The Kier molecular flexibility index (Phi) is 3.50. The van der Waals surface area contributed by atoms with Gasteiger partial charge in [0, 0.05) is 31.0 Å². The van der Waals surface area contributed by atoms with E-state index in [9.17, 15) is 4.79 Å². The summed E-state index contributed by atoms with van der Waals surface area (Å²) in [5.41, 5.74) is 9.31. The molecular weight excluding hydrogens is 242 g/mol. The lowest BCUT2D eigenvalue weighted by molar-refractivity contribution is 0.0947. The molecule has 0 aliphatic rings. The summed E-state index contributed by atoms with van der Waals surface area (Å²) in [5, 5.41) is 7.12. The van der Waals surface area contributed by atoms with Crippen molar-refractivity contribution in [1.29, 1.82) is 0 Å². The quantitative estimate of drug-likeness (QED) is 0.859. The minimum Gasteiger partial charge on any atom is -0.397 e. The van der Waals surface area contributed by atoms with Crippen molar-refractivity contribution in [3.8, 4) is 0 Å². The summed E-state index contributed by atoms with van der Waals surface area (Å²) in [6, 6.07) is 3.35. The summed E-state index contributed by atoms with van der Waals surface area (Å²) >= 11 is 0. The zero-order valence-corrected chi connectivity index (χ0v) is 11.3. The number of nitrogens with two attached hydrogens (primary N) is 1. The van der Waals surface area contributed by atoms with Crippen molar-refractivity contribution < 1.29 is 4.79 Å². The number of nitrogens with one attached hydrogen (secondary N) is 1. The second kappa shape index (κ2) is 5.09. The van der Waals surface area contributed by atoms with E-state index in [1.54, 1.807) is 23.0 Å². The van der Waals surface area contributed by atoms with E-state index in [0.717, 1.165) is 17.0 Å². The predicted molar refractivity (Wildman–Crippen MR) is 72.5 cm³/mol. The molecule has 0 saturated heterocycles. The number of carbonyl (C=O) groups excluding carboxylic acids is 1. The minimum atomic E-state index is -0.277. The molecule has 6 nitrogen and oxygen atoms in total. The number of hydrogen-bond acceptors (Lipinski definition) is 4. The number of carbonyl (C=O) groups is 1. The number of amides is 1. The van der Waals surface area contributed by atoms with Crippen LogP contribution in [0.1, 0.15) is 27.4 Å². The van der Waals surface area contributed by atoms with Gasteiger partial charge < -0.3 is 11.1 Å². The first kappa shape index (κ1) is 13.1. The highest BCUT2D eigenvalue weighted by molar-refractivity contribution is 5.96. The SMILES string of the molecule is Cc1nn(C)c(C)c1CNC(=O)c1ncccc1N. The van der Waals surface area contributed by atoms with Crippen LogP contribution in [0, 0.1) is 13.8 Å². The first-order chi connectivity index (χ1) is 9.00. The lowest BCUT2D eigenvalue weighted by Gasteiger charge is -2.07. The van der Waals surface area contributed by atoms with Gasteiger partial charge in [-0.05, 0) is 26.0 Å². The molecule has 0 fully saturated rings. The fourth-order valence-electron chi connectivity index (χ4n) is 1.93. The van der Waals surface area contributed by atoms with Crippen LogP contribution < -0.4 is 11.1 Å². The zero-order valence-electron chi connectivity index (χ0n) is 11.3. The normalized spacial score (nSPS) is 10.5. The van der Waals surface area contributed by atoms with Gasteiger partial charge >= 0.3 is 0 Å². The van der Waals surface area contributed by atoms with Crippen LogP contribution in [0.5, 0.6) is 0 Å². The van der Waals surface area contributed by atoms with Crippen molar-refractivity contribution in [2.24, 2.45) is 7.05 Å². The second-order valence-corrected chi connectivity index (χ2v) is 4.40. The van der Waals surface area contributed by atoms with Gasteiger partial charge in [0.2, 0.25) is 0 Å². The van der Waals surface area contributed by atoms with Crippen molar-refractivity contribution >= 4 is 11.6 Å². The van der Waals surface area contributed by atoms with E-state index >= 15 is 0 Å². The molecule has 0 bridgehead atoms. The largest absolute Gasteiger partial charge is 0.397 e. The molecule has 19 heavy (non-hydrogen) atoms. The summed E-state index contributed by atoms with van der Waals surface area (Å²) in [5.74, 6) is -0.277. The lowest BCUT2D eigenvalue weighted by atomic mass is 10.2. The number of aryl methyl sites for hydroxylation is 2. The minimum absolute atomic E-state index is 0.252. The van der Waals surface area contributed by atoms with Crippen LogP contribution in [0.2, 0.25) is 0 Å². The predicted octanol–water partition coefficient (Wildman–Crippen LogP) is 0.944. The van der Waals surface area contributed by atoms with E-state index in [2.05, 4.69) is 15.4 Å². The summed E-state index contributed by atoms with van der Waals surface area (Å²) in [4.78, 5) is 16.0. The Bertz CT molecular complexity index is 617. The Morgan fingerprint density at radius 3 is 2.79 bits per heavy atom. The highest BCUT2D eigenvalue weighted by Crippen LogP contribution is 2.12. The third-order valence-corrected chi connectivity index (χ3v) is 3.14. The molecule has 1 amide bonds. The summed E-state index contributed by atoms with van der Waals surface area (Å²) in [6.45, 7) is 4.31. The van der Waals surface area contributed by atoms with Crippen LogP contribution in [0.3, 0.4) is 0 Å². The van der Waals surface area contributed by atoms with Gasteiger partial charge in [-0.3, -0.25) is 9.48 Å². The molecule has 6 heteroatoms. The number of aromatic nitrogens is 3. The molecule has 0 radical (unpaired) electrons. The Labute approximate surface area is 111 Å². The van der Waals surface area contributed by atoms with E-state index in [0.29, 0.717) is 12.2 Å². The second-order valence-electron chi connectivity index (χ2n) is 4.40. The van der Waals surface area contributed by atoms with Gasteiger partial charge in [0.1, 0.15) is 0 Å². The van der Waals surface area contributed by atoms with Crippen LogP contribution in [0.25, 0.3) is 0 Å². The van der Waals surface area contributed by atoms with Gasteiger partial charge in [0.15, 0.2) is 5.69 Å². The van der Waals surface area contributed by atoms with E-state index in [1.165, 1.54) is 0 Å². The van der Waals surface area contributed by atoms with Crippen molar-refractivity contribution in [3.05, 3.63) is 41.0 Å². The lowest BCUT2D eigenvalue weighted by Crippen LogP contribution is -2.25. The fourth-order valence-corrected chi connectivity index (χ4v) is 1.93. The summed E-state index contributed by atoms with van der Waals surface area (Å²) in [6.07, 6.45) is 1.55. The molecule has 0 saturated carbocycles. The van der Waals surface area contributed by atoms with Gasteiger partial charge in [-0.25, -0.2) is 4.98 Å². The highest BCUT2D eigenvalue weighted by Gasteiger charge is 2.13. The maximum atomic E-state index is 12.0. The van der Waals surface area contributed by atoms with Crippen molar-refractivity contribution in [2.75, 3.05) is 5.73 Å². The smallest absolute Gasteiger partial charge is 0.272 e. The Hall–Kier alpha value is -2.37. The molecule has 2 aromatic rings. The van der Waals surface area contributed by atoms with Crippen LogP contribution in [0.4, 0.5) is 5.69 Å². The van der Waals surface area contributed by atoms with Gasteiger partial charge in [0.25, 0.3) is 5.91 Å². The first-order valence-corrected chi connectivity index (χ1v) is 5.98. The van der Waals surface area contributed by atoms with Gasteiger partial charge in [-0.1, -0.05) is 0 Å². The van der Waals surface area contributed by atoms with Crippen LogP contribution in [0.15, 0.2) is 18.3 Å². The Morgan fingerprint density at radius 1 is 1.47 bits per heavy atom. The molecule has 3 N–H and O–H groups in total. The number of rotatable bonds is 3. The molecule has 0 unspecified atom stereocenters. The summed E-state index contributed by atoms with van der Waals surface area (Å²) < 4.78 is 1.80. The van der Waals surface area contributed by atoms with Gasteiger partial charge in [-0.2, -0.15) is 5.10 Å². The Morgan fingerprint density at radius 2 is 2.21 bits per heavy atom.